The molecule has 0 amide bonds. The van der Waals surface area contributed by atoms with E-state index in [1.807, 2.05) is 0 Å². The van der Waals surface area contributed by atoms with Gasteiger partial charge in [-0.2, -0.15) is 13.2 Å². The molecule has 0 radical (unpaired) electrons. The van der Waals surface area contributed by atoms with E-state index in [-0.39, 0.29) is 24.6 Å². The average molecular weight is 309 g/mol. The van der Waals surface area contributed by atoms with E-state index < -0.39 is 28.6 Å². The summed E-state index contributed by atoms with van der Waals surface area (Å²) in [5, 5.41) is 0. The number of ketones is 1. The number of aromatic nitrogens is 1. The molecule has 1 aromatic carbocycles. The maximum absolute atomic E-state index is 13.2. The van der Waals surface area contributed by atoms with E-state index in [0.717, 1.165) is 4.57 Å². The third-order valence-corrected chi connectivity index (χ3v) is 3.38. The predicted octanol–water partition coefficient (Wildman–Crippen LogP) is 2.49. The number of hydrogen-bond acceptors (Lipinski definition) is 3. The molecule has 22 heavy (non-hydrogen) atoms. The number of rotatable bonds is 2. The number of hydrogen-bond donors (Lipinski definition) is 0. The molecule has 0 spiro atoms. The number of pyridine rings is 1. The lowest BCUT2D eigenvalue weighted by atomic mass is 9.99. The first-order chi connectivity index (χ1) is 10.4. The molecule has 0 N–H and O–H groups in total. The lowest BCUT2D eigenvalue weighted by Crippen LogP contribution is -2.24. The van der Waals surface area contributed by atoms with Crippen molar-refractivity contribution in [1.82, 2.24) is 4.57 Å². The number of benzene rings is 1. The van der Waals surface area contributed by atoms with Gasteiger partial charge in [0, 0.05) is 11.6 Å². The second-order valence-corrected chi connectivity index (χ2v) is 4.77. The SMILES string of the molecule is O=C(c1ccccc1)c1c(C(F)(F)F)cc(=O)n2c1OCC2. The van der Waals surface area contributed by atoms with Crippen molar-refractivity contribution in [3.8, 4) is 5.88 Å². The predicted molar refractivity (Wildman–Crippen MR) is 71.1 cm³/mol. The van der Waals surface area contributed by atoms with Crippen LogP contribution >= 0.6 is 0 Å². The van der Waals surface area contributed by atoms with Crippen molar-refractivity contribution >= 4 is 5.78 Å². The van der Waals surface area contributed by atoms with Crippen LogP contribution in [0.15, 0.2) is 41.2 Å². The van der Waals surface area contributed by atoms with Gasteiger partial charge in [-0.25, -0.2) is 0 Å². The third kappa shape index (κ3) is 2.28. The molecule has 2 heterocycles. The zero-order valence-electron chi connectivity index (χ0n) is 11.2. The maximum atomic E-state index is 13.2. The van der Waals surface area contributed by atoms with Crippen LogP contribution in [0, 0.1) is 0 Å². The van der Waals surface area contributed by atoms with Crippen molar-refractivity contribution in [3.05, 3.63) is 63.4 Å². The standard InChI is InChI=1S/C15H10F3NO3/c16-15(17,18)10-8-11(20)19-6-7-22-14(19)12(10)13(21)9-4-2-1-3-5-9/h1-5,8H,6-7H2. The lowest BCUT2D eigenvalue weighted by molar-refractivity contribution is -0.138. The summed E-state index contributed by atoms with van der Waals surface area (Å²) in [4.78, 5) is 24.3. The van der Waals surface area contributed by atoms with Gasteiger partial charge in [-0.15, -0.1) is 0 Å². The number of halogens is 3. The topological polar surface area (TPSA) is 48.3 Å². The molecule has 0 saturated carbocycles. The molecule has 0 bridgehead atoms. The van der Waals surface area contributed by atoms with Gasteiger partial charge in [-0.1, -0.05) is 30.3 Å². The first-order valence-corrected chi connectivity index (χ1v) is 6.47. The highest BCUT2D eigenvalue weighted by Gasteiger charge is 2.40. The molecule has 7 heteroatoms. The van der Waals surface area contributed by atoms with Crippen molar-refractivity contribution in [1.29, 1.82) is 0 Å². The number of ether oxygens (including phenoxy) is 1. The van der Waals surface area contributed by atoms with Crippen LogP contribution in [0.25, 0.3) is 0 Å². The summed E-state index contributed by atoms with van der Waals surface area (Å²) in [5.74, 6) is -1.13. The van der Waals surface area contributed by atoms with Crippen molar-refractivity contribution in [2.75, 3.05) is 6.61 Å². The fourth-order valence-electron chi connectivity index (χ4n) is 2.40. The first kappa shape index (κ1) is 14.4. The van der Waals surface area contributed by atoms with Gasteiger partial charge in [0.2, 0.25) is 5.88 Å². The Hall–Kier alpha value is -2.57. The van der Waals surface area contributed by atoms with Gasteiger partial charge in [-0.3, -0.25) is 14.2 Å². The van der Waals surface area contributed by atoms with Crippen molar-refractivity contribution < 1.29 is 22.7 Å². The molecule has 4 nitrogen and oxygen atoms in total. The number of carbonyl (C=O) groups excluding carboxylic acids is 1. The first-order valence-electron chi connectivity index (χ1n) is 6.47. The Bertz CT molecular complexity index is 794. The van der Waals surface area contributed by atoms with E-state index in [2.05, 4.69) is 0 Å². The third-order valence-electron chi connectivity index (χ3n) is 3.38. The second-order valence-electron chi connectivity index (χ2n) is 4.77. The smallest absolute Gasteiger partial charge is 0.417 e. The van der Waals surface area contributed by atoms with E-state index in [1.165, 1.54) is 12.1 Å². The fourth-order valence-corrected chi connectivity index (χ4v) is 2.40. The monoisotopic (exact) mass is 309 g/mol. The molecule has 0 aliphatic carbocycles. The number of carbonyl (C=O) groups is 1. The minimum Gasteiger partial charge on any atom is -0.476 e. The fraction of sp³-hybridized carbons (Fsp3) is 0.200. The highest BCUT2D eigenvalue weighted by Crippen LogP contribution is 2.37. The quantitative estimate of drug-likeness (QED) is 0.801. The average Bonchev–Trinajstić information content (AvgIpc) is 2.96. The molecule has 0 atom stereocenters. The largest absolute Gasteiger partial charge is 0.476 e. The Balaban J connectivity index is 2.28. The minimum absolute atomic E-state index is 0.0611. The van der Waals surface area contributed by atoms with Crippen molar-refractivity contribution in [3.63, 3.8) is 0 Å². The van der Waals surface area contributed by atoms with Gasteiger partial charge in [0.1, 0.15) is 6.61 Å². The summed E-state index contributed by atoms with van der Waals surface area (Å²) >= 11 is 0. The summed E-state index contributed by atoms with van der Waals surface area (Å²) in [6.07, 6.45) is -4.82. The summed E-state index contributed by atoms with van der Waals surface area (Å²) in [6, 6.07) is 8.04. The molecular formula is C15H10F3NO3. The van der Waals surface area contributed by atoms with E-state index >= 15 is 0 Å². The van der Waals surface area contributed by atoms with Crippen LogP contribution in [0.5, 0.6) is 5.88 Å². The summed E-state index contributed by atoms with van der Waals surface area (Å²) in [5.41, 5.74) is -2.61. The van der Waals surface area contributed by atoms with Crippen LogP contribution in [0.1, 0.15) is 21.5 Å². The van der Waals surface area contributed by atoms with Gasteiger partial charge in [0.05, 0.1) is 17.7 Å². The minimum atomic E-state index is -4.82. The zero-order valence-corrected chi connectivity index (χ0v) is 11.2. The lowest BCUT2D eigenvalue weighted by Gasteiger charge is -2.15. The summed E-state index contributed by atoms with van der Waals surface area (Å²) in [6.45, 7) is 0.187. The second kappa shape index (κ2) is 5.01. The van der Waals surface area contributed by atoms with E-state index in [9.17, 15) is 22.8 Å². The number of alkyl halides is 3. The van der Waals surface area contributed by atoms with Crippen LogP contribution in [-0.4, -0.2) is 17.0 Å². The van der Waals surface area contributed by atoms with Crippen LogP contribution < -0.4 is 10.3 Å². The van der Waals surface area contributed by atoms with Crippen molar-refractivity contribution in [2.24, 2.45) is 0 Å². The molecule has 2 aromatic rings. The molecular weight excluding hydrogens is 299 g/mol. The van der Waals surface area contributed by atoms with E-state index in [0.29, 0.717) is 6.07 Å². The van der Waals surface area contributed by atoms with Crippen LogP contribution in [0.4, 0.5) is 13.2 Å². The summed E-state index contributed by atoms with van der Waals surface area (Å²) in [7, 11) is 0. The maximum Gasteiger partial charge on any atom is 0.417 e. The Morgan fingerprint density at radius 1 is 1.18 bits per heavy atom. The zero-order chi connectivity index (χ0) is 15.9. The molecule has 114 valence electrons. The molecule has 1 aliphatic rings. The molecule has 0 unspecified atom stereocenters. The van der Waals surface area contributed by atoms with Crippen molar-refractivity contribution in [2.45, 2.75) is 12.7 Å². The number of nitrogens with zero attached hydrogens (tertiary/aromatic N) is 1. The highest BCUT2D eigenvalue weighted by atomic mass is 19.4. The normalized spacial score (nSPS) is 13.6. The van der Waals surface area contributed by atoms with Gasteiger partial charge in [0.25, 0.3) is 5.56 Å². The molecule has 0 saturated heterocycles. The van der Waals surface area contributed by atoms with Crippen LogP contribution in [0.2, 0.25) is 0 Å². The van der Waals surface area contributed by atoms with Gasteiger partial charge in [0.15, 0.2) is 5.78 Å². The number of fused-ring (bicyclic) bond motifs is 1. The van der Waals surface area contributed by atoms with Crippen LogP contribution in [0.3, 0.4) is 0 Å². The highest BCUT2D eigenvalue weighted by molar-refractivity contribution is 6.11. The van der Waals surface area contributed by atoms with Gasteiger partial charge in [-0.05, 0) is 0 Å². The van der Waals surface area contributed by atoms with Gasteiger partial charge < -0.3 is 4.74 Å². The van der Waals surface area contributed by atoms with Crippen LogP contribution in [-0.2, 0) is 12.7 Å². The Morgan fingerprint density at radius 3 is 2.50 bits per heavy atom. The van der Waals surface area contributed by atoms with E-state index in [1.54, 1.807) is 18.2 Å². The molecule has 0 fully saturated rings. The molecule has 1 aliphatic heterocycles. The molecule has 3 rings (SSSR count). The Morgan fingerprint density at radius 2 is 1.86 bits per heavy atom. The molecule has 1 aromatic heterocycles. The van der Waals surface area contributed by atoms with E-state index in [4.69, 9.17) is 4.74 Å². The Labute approximate surface area is 122 Å². The summed E-state index contributed by atoms with van der Waals surface area (Å²) < 4.78 is 45.8. The van der Waals surface area contributed by atoms with Gasteiger partial charge >= 0.3 is 6.18 Å². The Kier molecular flexibility index (Phi) is 3.27.